The average Bonchev–Trinajstić information content (AvgIpc) is 2.74. The molecule has 3 atom stereocenters. The number of esters is 1. The van der Waals surface area contributed by atoms with E-state index in [4.69, 9.17) is 9.47 Å². The van der Waals surface area contributed by atoms with Gasteiger partial charge in [-0.1, -0.05) is 58.4 Å². The van der Waals surface area contributed by atoms with Crippen molar-refractivity contribution in [1.29, 1.82) is 0 Å². The monoisotopic (exact) mass is 511 g/mol. The maximum atomic E-state index is 13.0. The Labute approximate surface area is 190 Å². The van der Waals surface area contributed by atoms with Gasteiger partial charge in [0.2, 0.25) is 7.37 Å². The van der Waals surface area contributed by atoms with E-state index in [2.05, 4.69) is 21.2 Å². The Morgan fingerprint density at radius 1 is 1.06 bits per heavy atom. The van der Waals surface area contributed by atoms with Crippen LogP contribution in [0.15, 0.2) is 59.1 Å². The van der Waals surface area contributed by atoms with E-state index in [0.717, 1.165) is 15.6 Å². The standard InChI is InChI=1S/C22H27BrNO6P/c1-3-29-21(25)19(13-17-9-11-20(23)12-10-17)15-31(27,28)16(2)24-22(26)30-14-18-7-5-4-6-8-18/h4-12,16,19H,3,13-15H2,1-2H3,(H,24,26)(H,27,28)/t16-,19-/m1/s1. The van der Waals surface area contributed by atoms with E-state index >= 15 is 0 Å². The van der Waals surface area contributed by atoms with Gasteiger partial charge in [-0.25, -0.2) is 4.79 Å². The number of carbonyl (C=O) groups is 2. The largest absolute Gasteiger partial charge is 0.466 e. The Bertz CT molecular complexity index is 906. The van der Waals surface area contributed by atoms with Gasteiger partial charge in [-0.2, -0.15) is 0 Å². The molecule has 9 heteroatoms. The Balaban J connectivity index is 1.99. The van der Waals surface area contributed by atoms with Gasteiger partial charge in [0.25, 0.3) is 0 Å². The first-order valence-corrected chi connectivity index (χ1v) is 12.6. The van der Waals surface area contributed by atoms with Gasteiger partial charge in [0.15, 0.2) is 0 Å². The Kier molecular flexibility index (Phi) is 9.75. The normalized spacial score (nSPS) is 14.7. The summed E-state index contributed by atoms with van der Waals surface area (Å²) in [5.41, 5.74) is 1.64. The number of halogens is 1. The molecule has 168 valence electrons. The van der Waals surface area contributed by atoms with E-state index < -0.39 is 31.1 Å². The molecule has 0 aliphatic heterocycles. The summed E-state index contributed by atoms with van der Waals surface area (Å²) in [6, 6.07) is 16.4. The number of ether oxygens (including phenoxy) is 2. The molecule has 0 saturated heterocycles. The number of rotatable bonds is 10. The number of amides is 1. The molecule has 0 fully saturated rings. The number of carbonyl (C=O) groups excluding carboxylic acids is 2. The van der Waals surface area contributed by atoms with E-state index in [-0.39, 0.29) is 25.8 Å². The fraction of sp³-hybridized carbons (Fsp3) is 0.364. The van der Waals surface area contributed by atoms with Crippen molar-refractivity contribution in [1.82, 2.24) is 5.32 Å². The van der Waals surface area contributed by atoms with Crippen molar-refractivity contribution >= 4 is 35.4 Å². The van der Waals surface area contributed by atoms with Crippen LogP contribution in [-0.2, 0) is 31.9 Å². The smallest absolute Gasteiger partial charge is 0.408 e. The average molecular weight is 512 g/mol. The van der Waals surface area contributed by atoms with E-state index in [1.807, 2.05) is 42.5 Å². The molecule has 31 heavy (non-hydrogen) atoms. The molecule has 1 unspecified atom stereocenters. The lowest BCUT2D eigenvalue weighted by Crippen LogP contribution is -2.35. The fourth-order valence-electron chi connectivity index (χ4n) is 2.90. The van der Waals surface area contributed by atoms with Gasteiger partial charge in [0.1, 0.15) is 12.4 Å². The van der Waals surface area contributed by atoms with Crippen molar-refractivity contribution in [2.24, 2.45) is 5.92 Å². The van der Waals surface area contributed by atoms with Crippen LogP contribution in [0.1, 0.15) is 25.0 Å². The molecule has 0 radical (unpaired) electrons. The maximum Gasteiger partial charge on any atom is 0.408 e. The summed E-state index contributed by atoms with van der Waals surface area (Å²) in [5, 5.41) is 2.41. The molecular weight excluding hydrogens is 485 g/mol. The molecule has 0 bridgehead atoms. The van der Waals surface area contributed by atoms with Gasteiger partial charge in [-0.15, -0.1) is 0 Å². The SMILES string of the molecule is CCOC(=O)[C@H](Cc1ccc(Br)cc1)CP(=O)(O)[C@H](C)NC(=O)OCc1ccccc1. The number of benzene rings is 2. The van der Waals surface area contributed by atoms with Crippen LogP contribution in [0.25, 0.3) is 0 Å². The third kappa shape index (κ3) is 8.48. The van der Waals surface area contributed by atoms with Crippen molar-refractivity contribution in [3.05, 3.63) is 70.2 Å². The van der Waals surface area contributed by atoms with Crippen LogP contribution in [0.5, 0.6) is 0 Å². The highest BCUT2D eigenvalue weighted by Crippen LogP contribution is 2.47. The highest BCUT2D eigenvalue weighted by Gasteiger charge is 2.35. The van der Waals surface area contributed by atoms with Gasteiger partial charge >= 0.3 is 12.1 Å². The minimum Gasteiger partial charge on any atom is -0.466 e. The fourth-order valence-corrected chi connectivity index (χ4v) is 4.70. The van der Waals surface area contributed by atoms with E-state index in [1.165, 1.54) is 6.92 Å². The predicted molar refractivity (Wildman–Crippen MR) is 122 cm³/mol. The molecule has 2 aromatic carbocycles. The molecule has 0 aliphatic carbocycles. The van der Waals surface area contributed by atoms with Crippen LogP contribution in [-0.4, -0.2) is 35.5 Å². The summed E-state index contributed by atoms with van der Waals surface area (Å²) in [6.07, 6.45) is -0.865. The molecule has 0 spiro atoms. The summed E-state index contributed by atoms with van der Waals surface area (Å²) >= 11 is 3.36. The molecule has 0 heterocycles. The molecule has 2 aromatic rings. The number of hydrogen-bond donors (Lipinski definition) is 2. The van der Waals surface area contributed by atoms with Crippen LogP contribution < -0.4 is 5.32 Å². The van der Waals surface area contributed by atoms with Crippen LogP contribution in [0.3, 0.4) is 0 Å². The first-order valence-electron chi connectivity index (χ1n) is 9.91. The summed E-state index contributed by atoms with van der Waals surface area (Å²) in [4.78, 5) is 35.1. The van der Waals surface area contributed by atoms with Crippen molar-refractivity contribution in [2.75, 3.05) is 12.8 Å². The Morgan fingerprint density at radius 2 is 1.71 bits per heavy atom. The summed E-state index contributed by atoms with van der Waals surface area (Å²) < 4.78 is 24.1. The van der Waals surface area contributed by atoms with Crippen LogP contribution >= 0.6 is 23.3 Å². The van der Waals surface area contributed by atoms with Gasteiger partial charge in [-0.05, 0) is 43.5 Å². The highest BCUT2D eigenvalue weighted by molar-refractivity contribution is 9.10. The topological polar surface area (TPSA) is 102 Å². The summed E-state index contributed by atoms with van der Waals surface area (Å²) in [5.74, 6) is -2.45. The number of hydrogen-bond acceptors (Lipinski definition) is 5. The van der Waals surface area contributed by atoms with Crippen molar-refractivity contribution in [2.45, 2.75) is 32.7 Å². The molecule has 2 N–H and O–H groups in total. The zero-order valence-electron chi connectivity index (χ0n) is 17.5. The Morgan fingerprint density at radius 3 is 2.32 bits per heavy atom. The number of nitrogens with one attached hydrogen (secondary N) is 1. The third-order valence-electron chi connectivity index (χ3n) is 4.64. The molecular formula is C22H27BrNO6P. The van der Waals surface area contributed by atoms with E-state index in [9.17, 15) is 19.0 Å². The van der Waals surface area contributed by atoms with Crippen LogP contribution in [0.4, 0.5) is 4.79 Å². The lowest BCUT2D eigenvalue weighted by molar-refractivity contribution is -0.147. The molecule has 1 amide bonds. The quantitative estimate of drug-likeness (QED) is 0.353. The minimum atomic E-state index is -3.94. The van der Waals surface area contributed by atoms with Crippen LogP contribution in [0.2, 0.25) is 0 Å². The van der Waals surface area contributed by atoms with E-state index in [1.54, 1.807) is 19.1 Å². The first-order chi connectivity index (χ1) is 14.7. The Hall–Kier alpha value is -2.15. The van der Waals surface area contributed by atoms with Gasteiger partial charge < -0.3 is 19.7 Å². The minimum absolute atomic E-state index is 0.0458. The molecule has 2 rings (SSSR count). The first kappa shape index (κ1) is 25.1. The van der Waals surface area contributed by atoms with Crippen molar-refractivity contribution < 1.29 is 28.5 Å². The highest BCUT2D eigenvalue weighted by atomic mass is 79.9. The second-order valence-electron chi connectivity index (χ2n) is 7.10. The molecule has 0 saturated carbocycles. The predicted octanol–water partition coefficient (Wildman–Crippen LogP) is 4.71. The zero-order chi connectivity index (χ0) is 22.9. The lowest BCUT2D eigenvalue weighted by Gasteiger charge is -2.24. The summed E-state index contributed by atoms with van der Waals surface area (Å²) in [7, 11) is -3.94. The van der Waals surface area contributed by atoms with Gasteiger partial charge in [0.05, 0.1) is 12.5 Å². The van der Waals surface area contributed by atoms with Crippen LogP contribution in [0, 0.1) is 5.92 Å². The second-order valence-corrected chi connectivity index (χ2v) is 10.7. The maximum absolute atomic E-state index is 13.0. The zero-order valence-corrected chi connectivity index (χ0v) is 20.0. The van der Waals surface area contributed by atoms with E-state index in [0.29, 0.717) is 0 Å². The van der Waals surface area contributed by atoms with Crippen molar-refractivity contribution in [3.8, 4) is 0 Å². The molecule has 0 aliphatic rings. The van der Waals surface area contributed by atoms with Gasteiger partial charge in [0, 0.05) is 10.6 Å². The summed E-state index contributed by atoms with van der Waals surface area (Å²) in [6.45, 7) is 3.32. The number of alkyl carbamates (subject to hydrolysis) is 1. The van der Waals surface area contributed by atoms with Crippen molar-refractivity contribution in [3.63, 3.8) is 0 Å². The third-order valence-corrected chi connectivity index (χ3v) is 7.47. The second kappa shape index (κ2) is 12.0. The van der Waals surface area contributed by atoms with Gasteiger partial charge in [-0.3, -0.25) is 9.36 Å². The molecule has 0 aromatic heterocycles. The lowest BCUT2D eigenvalue weighted by atomic mass is 10.0. The molecule has 7 nitrogen and oxygen atoms in total.